The maximum absolute atomic E-state index is 6.15. The average molecular weight is 337 g/mol. The van der Waals surface area contributed by atoms with E-state index in [-0.39, 0.29) is 0 Å². The van der Waals surface area contributed by atoms with Crippen molar-refractivity contribution in [1.82, 2.24) is 9.97 Å². The molecule has 0 N–H and O–H groups in total. The second-order valence-corrected chi connectivity index (χ2v) is 11.4. The van der Waals surface area contributed by atoms with E-state index in [9.17, 15) is 0 Å². The summed E-state index contributed by atoms with van der Waals surface area (Å²) in [6.45, 7) is 9.10. The summed E-state index contributed by atoms with van der Waals surface area (Å²) in [5.74, 6) is 0.874. The molecule has 0 saturated heterocycles. The molecule has 4 nitrogen and oxygen atoms in total. The molecule has 0 aliphatic heterocycles. The van der Waals surface area contributed by atoms with Crippen LogP contribution in [-0.2, 0) is 4.43 Å². The van der Waals surface area contributed by atoms with E-state index in [4.69, 9.17) is 9.41 Å². The van der Waals surface area contributed by atoms with E-state index in [1.165, 1.54) is 0 Å². The Bertz CT molecular complexity index is 831. The van der Waals surface area contributed by atoms with Gasteiger partial charge in [0.2, 0.25) is 0 Å². The highest BCUT2D eigenvalue weighted by Crippen LogP contribution is 2.26. The van der Waals surface area contributed by atoms with Gasteiger partial charge in [0.25, 0.3) is 0 Å². The highest BCUT2D eigenvalue weighted by atomic mass is 28.4. The molecule has 0 unspecified atom stereocenters. The molecule has 0 atom stereocenters. The van der Waals surface area contributed by atoms with Crippen molar-refractivity contribution in [2.45, 2.75) is 26.6 Å². The first-order valence-electron chi connectivity index (χ1n) is 8.12. The van der Waals surface area contributed by atoms with Crippen molar-refractivity contribution in [3.63, 3.8) is 0 Å². The monoisotopic (exact) mass is 337 g/mol. The lowest BCUT2D eigenvalue weighted by atomic mass is 10.2. The number of pyridine rings is 2. The fourth-order valence-electron chi connectivity index (χ4n) is 2.39. The van der Waals surface area contributed by atoms with Gasteiger partial charge in [-0.15, -0.1) is 0 Å². The topological polar surface area (TPSA) is 38.2 Å². The van der Waals surface area contributed by atoms with Gasteiger partial charge in [-0.3, -0.25) is 4.98 Å². The standard InChI is InChI=1S/C19H23N3OSi/c1-15-12-18-17(20-13-15)10-11-19(21-18)22(14-23-24(2,3)4)16-8-6-5-7-9-16/h5-13H,14H2,1-4H3. The molecule has 5 heteroatoms. The Kier molecular flexibility index (Phi) is 4.64. The second-order valence-electron chi connectivity index (χ2n) is 6.87. The van der Waals surface area contributed by atoms with Gasteiger partial charge in [-0.1, -0.05) is 18.2 Å². The average Bonchev–Trinajstić information content (AvgIpc) is 2.54. The van der Waals surface area contributed by atoms with Crippen molar-refractivity contribution in [2.24, 2.45) is 0 Å². The Morgan fingerprint density at radius 2 is 1.75 bits per heavy atom. The van der Waals surface area contributed by atoms with Crippen LogP contribution in [0.15, 0.2) is 54.7 Å². The van der Waals surface area contributed by atoms with Gasteiger partial charge in [-0.2, -0.15) is 0 Å². The van der Waals surface area contributed by atoms with E-state index in [1.807, 2.05) is 43.5 Å². The molecular weight excluding hydrogens is 314 g/mol. The molecule has 2 aromatic heterocycles. The van der Waals surface area contributed by atoms with Gasteiger partial charge in [0.05, 0.1) is 11.0 Å². The normalized spacial score (nSPS) is 11.7. The Balaban J connectivity index is 2.01. The molecule has 3 aromatic rings. The Labute approximate surface area is 144 Å². The second kappa shape index (κ2) is 6.71. The summed E-state index contributed by atoms with van der Waals surface area (Å²) in [5, 5.41) is 0. The first-order valence-corrected chi connectivity index (χ1v) is 11.5. The molecule has 0 bridgehead atoms. The molecule has 0 amide bonds. The van der Waals surface area contributed by atoms with Crippen LogP contribution in [0.2, 0.25) is 19.6 Å². The molecule has 1 aromatic carbocycles. The number of aromatic nitrogens is 2. The number of fused-ring (bicyclic) bond motifs is 1. The van der Waals surface area contributed by atoms with Crippen LogP contribution in [0.1, 0.15) is 5.56 Å². The molecule has 0 radical (unpaired) electrons. The van der Waals surface area contributed by atoms with Crippen molar-refractivity contribution in [3.05, 3.63) is 60.3 Å². The fraction of sp³-hybridized carbons (Fsp3) is 0.263. The maximum atomic E-state index is 6.15. The van der Waals surface area contributed by atoms with Gasteiger partial charge in [0.1, 0.15) is 12.5 Å². The quantitative estimate of drug-likeness (QED) is 0.491. The van der Waals surface area contributed by atoms with Crippen molar-refractivity contribution >= 4 is 30.9 Å². The van der Waals surface area contributed by atoms with E-state index in [2.05, 4.69) is 47.7 Å². The van der Waals surface area contributed by atoms with Gasteiger partial charge >= 0.3 is 0 Å². The van der Waals surface area contributed by atoms with Crippen molar-refractivity contribution in [1.29, 1.82) is 0 Å². The first kappa shape index (κ1) is 16.6. The highest BCUT2D eigenvalue weighted by Gasteiger charge is 2.18. The van der Waals surface area contributed by atoms with Gasteiger partial charge in [0, 0.05) is 11.9 Å². The summed E-state index contributed by atoms with van der Waals surface area (Å²) < 4.78 is 6.15. The van der Waals surface area contributed by atoms with Crippen LogP contribution in [0.5, 0.6) is 0 Å². The Morgan fingerprint density at radius 1 is 1.00 bits per heavy atom. The Morgan fingerprint density at radius 3 is 2.46 bits per heavy atom. The van der Waals surface area contributed by atoms with Crippen LogP contribution in [0.25, 0.3) is 11.0 Å². The maximum Gasteiger partial charge on any atom is 0.186 e. The Hall–Kier alpha value is -2.24. The molecular formula is C19H23N3OSi. The number of hydrogen-bond acceptors (Lipinski definition) is 4. The third kappa shape index (κ3) is 3.99. The van der Waals surface area contributed by atoms with E-state index in [0.717, 1.165) is 28.1 Å². The van der Waals surface area contributed by atoms with Crippen LogP contribution >= 0.6 is 0 Å². The van der Waals surface area contributed by atoms with Gasteiger partial charge in [0.15, 0.2) is 8.32 Å². The minimum atomic E-state index is -1.63. The zero-order valence-corrected chi connectivity index (χ0v) is 15.7. The van der Waals surface area contributed by atoms with Crippen LogP contribution < -0.4 is 4.90 Å². The number of aryl methyl sites for hydroxylation is 1. The van der Waals surface area contributed by atoms with Crippen LogP contribution in [-0.4, -0.2) is 25.0 Å². The van der Waals surface area contributed by atoms with Gasteiger partial charge in [-0.05, 0) is 62.5 Å². The minimum absolute atomic E-state index is 0.498. The van der Waals surface area contributed by atoms with Crippen LogP contribution in [0, 0.1) is 6.92 Å². The van der Waals surface area contributed by atoms with Gasteiger partial charge in [-0.25, -0.2) is 4.98 Å². The molecule has 0 saturated carbocycles. The van der Waals surface area contributed by atoms with Crippen LogP contribution in [0.3, 0.4) is 0 Å². The largest absolute Gasteiger partial charge is 0.400 e. The zero-order chi connectivity index (χ0) is 17.2. The predicted molar refractivity (Wildman–Crippen MR) is 102 cm³/mol. The lowest BCUT2D eigenvalue weighted by Crippen LogP contribution is -2.33. The van der Waals surface area contributed by atoms with E-state index in [0.29, 0.717) is 6.73 Å². The molecule has 0 fully saturated rings. The van der Waals surface area contributed by atoms with Crippen molar-refractivity contribution < 1.29 is 4.43 Å². The number of hydrogen-bond donors (Lipinski definition) is 0. The molecule has 24 heavy (non-hydrogen) atoms. The predicted octanol–water partition coefficient (Wildman–Crippen LogP) is 4.89. The number of anilines is 2. The molecule has 124 valence electrons. The van der Waals surface area contributed by atoms with E-state index in [1.54, 1.807) is 0 Å². The van der Waals surface area contributed by atoms with Crippen molar-refractivity contribution in [2.75, 3.05) is 11.6 Å². The number of nitrogens with zero attached hydrogens (tertiary/aromatic N) is 3. The van der Waals surface area contributed by atoms with E-state index < -0.39 is 8.32 Å². The molecule has 0 aliphatic rings. The fourth-order valence-corrected chi connectivity index (χ4v) is 2.90. The third-order valence-electron chi connectivity index (χ3n) is 3.63. The molecule has 3 rings (SSSR count). The van der Waals surface area contributed by atoms with Crippen LogP contribution in [0.4, 0.5) is 11.5 Å². The summed E-state index contributed by atoms with van der Waals surface area (Å²) in [5.41, 5.74) is 3.99. The zero-order valence-electron chi connectivity index (χ0n) is 14.7. The molecule has 0 spiro atoms. The lowest BCUT2D eigenvalue weighted by molar-refractivity contribution is 0.320. The number of para-hydroxylation sites is 1. The summed E-state index contributed by atoms with van der Waals surface area (Å²) in [6, 6.07) is 16.3. The smallest absolute Gasteiger partial charge is 0.186 e. The number of benzene rings is 1. The van der Waals surface area contributed by atoms with E-state index >= 15 is 0 Å². The minimum Gasteiger partial charge on any atom is -0.400 e. The SMILES string of the molecule is Cc1cnc2ccc(N(CO[Si](C)(C)C)c3ccccc3)nc2c1. The summed E-state index contributed by atoms with van der Waals surface area (Å²) in [7, 11) is -1.63. The number of rotatable bonds is 5. The molecule has 2 heterocycles. The third-order valence-corrected chi connectivity index (χ3v) is 4.63. The molecule has 0 aliphatic carbocycles. The van der Waals surface area contributed by atoms with Gasteiger partial charge < -0.3 is 9.33 Å². The summed E-state index contributed by atoms with van der Waals surface area (Å²) in [4.78, 5) is 11.4. The summed E-state index contributed by atoms with van der Waals surface area (Å²) >= 11 is 0. The highest BCUT2D eigenvalue weighted by molar-refractivity contribution is 6.69. The summed E-state index contributed by atoms with van der Waals surface area (Å²) in [6.07, 6.45) is 1.87. The lowest BCUT2D eigenvalue weighted by Gasteiger charge is -2.28. The first-order chi connectivity index (χ1) is 11.4. The van der Waals surface area contributed by atoms with Crippen molar-refractivity contribution in [3.8, 4) is 0 Å².